The highest BCUT2D eigenvalue weighted by molar-refractivity contribution is 7.92. The van der Waals surface area contributed by atoms with Crippen LogP contribution in [0.4, 0.5) is 14.5 Å². The number of nitrogens with one attached hydrogen (secondary N) is 1. The van der Waals surface area contributed by atoms with Crippen molar-refractivity contribution < 1.29 is 25.6 Å². The predicted octanol–water partition coefficient (Wildman–Crippen LogP) is 3.41. The molecule has 0 saturated heterocycles. The first-order valence-electron chi connectivity index (χ1n) is 8.53. The third-order valence-corrected chi connectivity index (χ3v) is 7.82. The molecule has 0 amide bonds. The quantitative estimate of drug-likeness (QED) is 0.727. The highest BCUT2D eigenvalue weighted by atomic mass is 32.2. The zero-order valence-corrected chi connectivity index (χ0v) is 17.6. The molecule has 0 radical (unpaired) electrons. The number of nitrogens with zero attached hydrogens (tertiary/aromatic N) is 1. The molecule has 0 atom stereocenters. The Balaban J connectivity index is 2.54. The van der Waals surface area contributed by atoms with Crippen molar-refractivity contribution in [1.82, 2.24) is 4.31 Å². The van der Waals surface area contributed by atoms with Gasteiger partial charge in [0.05, 0.1) is 15.5 Å². The second-order valence-electron chi connectivity index (χ2n) is 6.18. The molecule has 6 nitrogen and oxygen atoms in total. The molecule has 0 saturated carbocycles. The van der Waals surface area contributed by atoms with Crippen LogP contribution in [0.5, 0.6) is 0 Å². The van der Waals surface area contributed by atoms with Crippen LogP contribution < -0.4 is 4.72 Å². The van der Waals surface area contributed by atoms with E-state index in [2.05, 4.69) is 4.72 Å². The van der Waals surface area contributed by atoms with Crippen molar-refractivity contribution in [3.8, 4) is 0 Å². The molecule has 0 unspecified atom stereocenters. The number of anilines is 1. The molecule has 0 aliphatic heterocycles. The van der Waals surface area contributed by atoms with Crippen molar-refractivity contribution in [1.29, 1.82) is 0 Å². The summed E-state index contributed by atoms with van der Waals surface area (Å²) in [7, 11) is -8.06. The summed E-state index contributed by atoms with van der Waals surface area (Å²) in [5.74, 6) is -2.47. The van der Waals surface area contributed by atoms with Gasteiger partial charge in [-0.05, 0) is 55.3 Å². The largest absolute Gasteiger partial charge is 0.279 e. The first-order valence-corrected chi connectivity index (χ1v) is 11.5. The highest BCUT2D eigenvalue weighted by Gasteiger charge is 2.25. The Hall–Kier alpha value is -2.04. The van der Waals surface area contributed by atoms with Gasteiger partial charge >= 0.3 is 0 Å². The van der Waals surface area contributed by atoms with E-state index in [4.69, 9.17) is 0 Å². The molecule has 0 fully saturated rings. The number of benzene rings is 2. The lowest BCUT2D eigenvalue weighted by atomic mass is 10.1. The van der Waals surface area contributed by atoms with Crippen LogP contribution in [0.2, 0.25) is 0 Å². The maximum Gasteiger partial charge on any atom is 0.262 e. The zero-order chi connectivity index (χ0) is 21.3. The van der Waals surface area contributed by atoms with Crippen LogP contribution in [0.1, 0.15) is 25.0 Å². The fraction of sp³-hybridized carbons (Fsp3) is 0.333. The summed E-state index contributed by atoms with van der Waals surface area (Å²) in [4.78, 5) is -0.525. The summed E-state index contributed by atoms with van der Waals surface area (Å²) in [6.07, 6.45) is 0. The monoisotopic (exact) mass is 432 g/mol. The molecule has 154 valence electrons. The average molecular weight is 433 g/mol. The summed E-state index contributed by atoms with van der Waals surface area (Å²) in [6, 6.07) is 4.91. The molecule has 0 spiro atoms. The van der Waals surface area contributed by atoms with Crippen LogP contribution in [-0.4, -0.2) is 34.2 Å². The van der Waals surface area contributed by atoms with Crippen LogP contribution in [0, 0.1) is 25.5 Å². The Morgan fingerprint density at radius 3 is 2.04 bits per heavy atom. The third kappa shape index (κ3) is 4.34. The molecule has 0 heterocycles. The normalized spacial score (nSPS) is 12.4. The van der Waals surface area contributed by atoms with E-state index in [1.165, 1.54) is 16.4 Å². The molecule has 10 heteroatoms. The van der Waals surface area contributed by atoms with Gasteiger partial charge in [0.2, 0.25) is 10.0 Å². The molecule has 0 aromatic heterocycles. The molecule has 2 rings (SSSR count). The second kappa shape index (κ2) is 8.14. The third-order valence-electron chi connectivity index (χ3n) is 4.43. The lowest BCUT2D eigenvalue weighted by molar-refractivity contribution is 0.445. The van der Waals surface area contributed by atoms with E-state index in [1.54, 1.807) is 27.7 Å². The van der Waals surface area contributed by atoms with Crippen LogP contribution in [0.3, 0.4) is 0 Å². The first kappa shape index (κ1) is 22.3. The van der Waals surface area contributed by atoms with Crippen molar-refractivity contribution >= 4 is 25.7 Å². The van der Waals surface area contributed by atoms with Gasteiger partial charge in [0, 0.05) is 13.1 Å². The zero-order valence-electron chi connectivity index (χ0n) is 16.0. The number of halogens is 2. The molecule has 28 heavy (non-hydrogen) atoms. The van der Waals surface area contributed by atoms with Gasteiger partial charge in [-0.2, -0.15) is 4.31 Å². The van der Waals surface area contributed by atoms with Crippen molar-refractivity contribution in [2.24, 2.45) is 0 Å². The molecule has 0 aliphatic carbocycles. The molecule has 1 N–H and O–H groups in total. The van der Waals surface area contributed by atoms with Crippen LogP contribution in [0.25, 0.3) is 0 Å². The highest BCUT2D eigenvalue weighted by Crippen LogP contribution is 2.28. The summed E-state index contributed by atoms with van der Waals surface area (Å²) < 4.78 is 80.8. The van der Waals surface area contributed by atoms with Gasteiger partial charge in [0.15, 0.2) is 11.6 Å². The van der Waals surface area contributed by atoms with Gasteiger partial charge in [0.25, 0.3) is 10.0 Å². The molecule has 0 aliphatic rings. The summed E-state index contributed by atoms with van der Waals surface area (Å²) in [5, 5.41) is 0. The second-order valence-corrected chi connectivity index (χ2v) is 9.80. The molecular formula is C18H22F2N2O4S2. The van der Waals surface area contributed by atoms with Crippen molar-refractivity contribution in [3.63, 3.8) is 0 Å². The Bertz CT molecular complexity index is 1100. The minimum Gasteiger partial charge on any atom is -0.279 e. The predicted molar refractivity (Wildman–Crippen MR) is 103 cm³/mol. The van der Waals surface area contributed by atoms with E-state index in [0.717, 1.165) is 6.07 Å². The SMILES string of the molecule is CCN(CC)S(=O)(=O)c1cc(C)c(C)c(NS(=O)(=O)c2ccc(F)c(F)c2)c1. The number of sulfonamides is 2. The van der Waals surface area contributed by atoms with Crippen LogP contribution >= 0.6 is 0 Å². The molecular weight excluding hydrogens is 410 g/mol. The van der Waals surface area contributed by atoms with Gasteiger partial charge in [-0.3, -0.25) is 4.72 Å². The Morgan fingerprint density at radius 1 is 0.893 bits per heavy atom. The van der Waals surface area contributed by atoms with Gasteiger partial charge in [-0.1, -0.05) is 13.8 Å². The standard InChI is InChI=1S/C18H22F2N2O4S2/c1-5-22(6-2)28(25,26)15-9-12(3)13(4)18(11-15)21-27(23,24)14-7-8-16(19)17(20)10-14/h7-11,21H,5-6H2,1-4H3. The van der Waals surface area contributed by atoms with Gasteiger partial charge in [-0.25, -0.2) is 25.6 Å². The Labute approximate surface area is 164 Å². The van der Waals surface area contributed by atoms with Gasteiger partial charge < -0.3 is 0 Å². The lowest BCUT2D eigenvalue weighted by Crippen LogP contribution is -2.30. The summed E-state index contributed by atoms with van der Waals surface area (Å²) >= 11 is 0. The minimum atomic E-state index is -4.25. The average Bonchev–Trinajstić information content (AvgIpc) is 2.61. The van der Waals surface area contributed by atoms with E-state index in [1.807, 2.05) is 0 Å². The van der Waals surface area contributed by atoms with Gasteiger partial charge in [-0.15, -0.1) is 0 Å². The van der Waals surface area contributed by atoms with Crippen molar-refractivity contribution in [2.45, 2.75) is 37.5 Å². The first-order chi connectivity index (χ1) is 12.9. The van der Waals surface area contributed by atoms with Crippen LogP contribution in [-0.2, 0) is 20.0 Å². The van der Waals surface area contributed by atoms with E-state index in [-0.39, 0.29) is 23.7 Å². The summed E-state index contributed by atoms with van der Waals surface area (Å²) in [5.41, 5.74) is 1.14. The smallest absolute Gasteiger partial charge is 0.262 e. The number of rotatable bonds is 7. The van der Waals surface area contributed by atoms with Crippen molar-refractivity contribution in [2.75, 3.05) is 17.8 Å². The van der Waals surface area contributed by atoms with E-state index >= 15 is 0 Å². The summed E-state index contributed by atoms with van der Waals surface area (Å²) in [6.45, 7) is 7.23. The fourth-order valence-electron chi connectivity index (χ4n) is 2.64. The Morgan fingerprint density at radius 2 is 1.50 bits per heavy atom. The minimum absolute atomic E-state index is 0.0514. The topological polar surface area (TPSA) is 83.6 Å². The molecule has 2 aromatic rings. The molecule has 0 bridgehead atoms. The van der Waals surface area contributed by atoms with Gasteiger partial charge in [0.1, 0.15) is 0 Å². The van der Waals surface area contributed by atoms with E-state index < -0.39 is 36.6 Å². The number of hydrogen-bond acceptors (Lipinski definition) is 4. The maximum atomic E-state index is 13.4. The lowest BCUT2D eigenvalue weighted by Gasteiger charge is -2.20. The van der Waals surface area contributed by atoms with E-state index in [9.17, 15) is 25.6 Å². The maximum absolute atomic E-state index is 13.4. The van der Waals surface area contributed by atoms with Crippen molar-refractivity contribution in [3.05, 3.63) is 53.1 Å². The number of aryl methyl sites for hydroxylation is 1. The Kier molecular flexibility index (Phi) is 6.47. The van der Waals surface area contributed by atoms with Crippen LogP contribution in [0.15, 0.2) is 40.1 Å². The van der Waals surface area contributed by atoms with E-state index in [0.29, 0.717) is 23.3 Å². The molecule has 2 aromatic carbocycles. The fourth-order valence-corrected chi connectivity index (χ4v) is 5.34. The number of hydrogen-bond donors (Lipinski definition) is 1.